The van der Waals surface area contributed by atoms with Crippen LogP contribution >= 0.6 is 0 Å². The van der Waals surface area contributed by atoms with Gasteiger partial charge >= 0.3 is 0 Å². The Hall–Kier alpha value is -1.52. The quantitative estimate of drug-likeness (QED) is 0.767. The summed E-state index contributed by atoms with van der Waals surface area (Å²) in [5.41, 5.74) is 0.226. The van der Waals surface area contributed by atoms with E-state index in [0.29, 0.717) is 12.8 Å². The number of hydrogen-bond acceptors (Lipinski definition) is 1. The molecule has 2 aliphatic rings. The van der Waals surface area contributed by atoms with E-state index >= 15 is 0 Å². The highest BCUT2D eigenvalue weighted by atomic mass is 19.3. The normalized spacial score (nSPS) is 28.5. The lowest BCUT2D eigenvalue weighted by Crippen LogP contribution is -2.50. The second kappa shape index (κ2) is 4.25. The molecule has 1 aliphatic heterocycles. The first-order valence-electron chi connectivity index (χ1n) is 6.41. The molecule has 1 aromatic carbocycles. The maximum atomic E-state index is 13.8. The van der Waals surface area contributed by atoms with Gasteiger partial charge < -0.3 is 4.90 Å². The van der Waals surface area contributed by atoms with Crippen LogP contribution in [0, 0.1) is 17.7 Å². The van der Waals surface area contributed by atoms with Gasteiger partial charge in [0.15, 0.2) is 0 Å². The Bertz CT molecular complexity index is 501. The van der Waals surface area contributed by atoms with Gasteiger partial charge in [-0.15, -0.1) is 0 Å². The van der Waals surface area contributed by atoms with Gasteiger partial charge in [-0.05, 0) is 31.0 Å². The number of nitrogens with zero attached hydrogens (tertiary/aromatic N) is 1. The number of alkyl halides is 2. The third-order valence-electron chi connectivity index (χ3n) is 4.19. The summed E-state index contributed by atoms with van der Waals surface area (Å²) in [4.78, 5) is 13.6. The molecule has 1 amide bonds. The van der Waals surface area contributed by atoms with Gasteiger partial charge in [-0.3, -0.25) is 4.79 Å². The molecule has 0 N–H and O–H groups in total. The molecule has 1 heterocycles. The highest BCUT2D eigenvalue weighted by molar-refractivity contribution is 5.94. The van der Waals surface area contributed by atoms with Crippen molar-refractivity contribution in [1.29, 1.82) is 0 Å². The number of benzene rings is 1. The predicted octanol–water partition coefficient (Wildman–Crippen LogP) is 2.94. The van der Waals surface area contributed by atoms with Crippen molar-refractivity contribution in [1.82, 2.24) is 4.90 Å². The zero-order valence-corrected chi connectivity index (χ0v) is 10.3. The second-order valence-corrected chi connectivity index (χ2v) is 5.37. The second-order valence-electron chi connectivity index (χ2n) is 5.37. The number of carbonyl (C=O) groups is 1. The van der Waals surface area contributed by atoms with Crippen molar-refractivity contribution in [2.75, 3.05) is 13.1 Å². The molecule has 5 heteroatoms. The molecule has 2 bridgehead atoms. The summed E-state index contributed by atoms with van der Waals surface area (Å²) in [6.07, 6.45) is 0.926. The van der Waals surface area contributed by atoms with E-state index in [-0.39, 0.29) is 24.6 Å². The van der Waals surface area contributed by atoms with Crippen LogP contribution in [0.5, 0.6) is 0 Å². The molecule has 0 aromatic heterocycles. The first kappa shape index (κ1) is 12.5. The number of halogens is 3. The summed E-state index contributed by atoms with van der Waals surface area (Å²) in [6.45, 7) is 0.137. The molecule has 1 saturated carbocycles. The first-order chi connectivity index (χ1) is 8.98. The van der Waals surface area contributed by atoms with Crippen LogP contribution in [0.3, 0.4) is 0 Å². The molecule has 0 radical (unpaired) electrons. The number of piperidine rings is 1. The Morgan fingerprint density at radius 1 is 1.21 bits per heavy atom. The molecule has 2 fully saturated rings. The van der Waals surface area contributed by atoms with E-state index < -0.39 is 23.6 Å². The average Bonchev–Trinajstić information content (AvgIpc) is 2.58. The molecule has 2 unspecified atom stereocenters. The van der Waals surface area contributed by atoms with Crippen molar-refractivity contribution in [2.45, 2.75) is 18.8 Å². The number of amides is 1. The zero-order valence-electron chi connectivity index (χ0n) is 10.3. The fraction of sp³-hybridized carbons (Fsp3) is 0.500. The molecule has 3 rings (SSSR count). The average molecular weight is 269 g/mol. The number of hydrogen-bond donors (Lipinski definition) is 0. The van der Waals surface area contributed by atoms with E-state index in [1.807, 2.05) is 0 Å². The van der Waals surface area contributed by atoms with Crippen LogP contribution in [-0.2, 0) is 0 Å². The summed E-state index contributed by atoms with van der Waals surface area (Å²) >= 11 is 0. The summed E-state index contributed by atoms with van der Waals surface area (Å²) in [5.74, 6) is -4.99. The van der Waals surface area contributed by atoms with Crippen LogP contribution in [0.15, 0.2) is 24.3 Å². The number of rotatable bonds is 1. The van der Waals surface area contributed by atoms with Gasteiger partial charge in [0.1, 0.15) is 5.82 Å². The van der Waals surface area contributed by atoms with Crippen molar-refractivity contribution in [3.63, 3.8) is 0 Å². The Kier molecular flexibility index (Phi) is 2.80. The molecule has 2 nitrogen and oxygen atoms in total. The van der Waals surface area contributed by atoms with E-state index in [1.54, 1.807) is 0 Å². The highest BCUT2D eigenvalue weighted by Crippen LogP contribution is 2.48. The van der Waals surface area contributed by atoms with Gasteiger partial charge in [0.05, 0.1) is 0 Å². The fourth-order valence-corrected chi connectivity index (χ4v) is 3.12. The van der Waals surface area contributed by atoms with Crippen molar-refractivity contribution < 1.29 is 18.0 Å². The van der Waals surface area contributed by atoms with Crippen LogP contribution in [-0.4, -0.2) is 29.8 Å². The molecule has 102 valence electrons. The highest BCUT2D eigenvalue weighted by Gasteiger charge is 2.56. The lowest BCUT2D eigenvalue weighted by Gasteiger charge is -2.37. The monoisotopic (exact) mass is 269 g/mol. The predicted molar refractivity (Wildman–Crippen MR) is 63.5 cm³/mol. The third-order valence-corrected chi connectivity index (χ3v) is 4.19. The number of fused-ring (bicyclic) bond motifs is 2. The van der Waals surface area contributed by atoms with Crippen molar-refractivity contribution in [3.05, 3.63) is 35.6 Å². The van der Waals surface area contributed by atoms with Crippen LogP contribution in [0.4, 0.5) is 13.2 Å². The maximum absolute atomic E-state index is 13.8. The van der Waals surface area contributed by atoms with E-state index in [0.717, 1.165) is 6.07 Å². The standard InChI is InChI=1S/C14H14F3NO/c15-12-3-1-2-9(6-12)13(19)18-7-10-4-5-11(8-18)14(10,16)17/h1-3,6,10-11H,4-5,7-8H2. The van der Waals surface area contributed by atoms with E-state index in [4.69, 9.17) is 0 Å². The minimum absolute atomic E-state index is 0.0683. The van der Waals surface area contributed by atoms with Crippen molar-refractivity contribution in [3.8, 4) is 0 Å². The summed E-state index contributed by atoms with van der Waals surface area (Å²) in [7, 11) is 0. The Morgan fingerprint density at radius 3 is 2.42 bits per heavy atom. The van der Waals surface area contributed by atoms with E-state index in [1.165, 1.54) is 23.1 Å². The lowest BCUT2D eigenvalue weighted by molar-refractivity contribution is -0.110. The van der Waals surface area contributed by atoms with Crippen LogP contribution < -0.4 is 0 Å². The summed E-state index contributed by atoms with van der Waals surface area (Å²) in [6, 6.07) is 5.37. The smallest absolute Gasteiger partial charge is 0.257 e. The fourth-order valence-electron chi connectivity index (χ4n) is 3.12. The lowest BCUT2D eigenvalue weighted by atomic mass is 9.93. The number of likely N-dealkylation sites (tertiary alicyclic amines) is 1. The van der Waals surface area contributed by atoms with Gasteiger partial charge in [-0.1, -0.05) is 6.07 Å². The van der Waals surface area contributed by atoms with Gasteiger partial charge in [0.2, 0.25) is 0 Å². The molecule has 1 saturated heterocycles. The van der Waals surface area contributed by atoms with Crippen molar-refractivity contribution >= 4 is 5.91 Å². The minimum Gasteiger partial charge on any atom is -0.338 e. The Labute approximate surface area is 109 Å². The molecule has 0 spiro atoms. The van der Waals surface area contributed by atoms with Crippen LogP contribution in [0.1, 0.15) is 23.2 Å². The van der Waals surface area contributed by atoms with Gasteiger partial charge in [0, 0.05) is 30.5 Å². The van der Waals surface area contributed by atoms with Gasteiger partial charge in [-0.2, -0.15) is 0 Å². The molecule has 1 aliphatic carbocycles. The van der Waals surface area contributed by atoms with E-state index in [2.05, 4.69) is 0 Å². The zero-order chi connectivity index (χ0) is 13.6. The van der Waals surface area contributed by atoms with Crippen LogP contribution in [0.2, 0.25) is 0 Å². The molecule has 2 atom stereocenters. The van der Waals surface area contributed by atoms with Gasteiger partial charge in [0.25, 0.3) is 11.8 Å². The van der Waals surface area contributed by atoms with Crippen molar-refractivity contribution in [2.24, 2.45) is 11.8 Å². The minimum atomic E-state index is -2.65. The molecular formula is C14H14F3NO. The summed E-state index contributed by atoms with van der Waals surface area (Å²) in [5, 5.41) is 0. The largest absolute Gasteiger partial charge is 0.338 e. The van der Waals surface area contributed by atoms with E-state index in [9.17, 15) is 18.0 Å². The molecule has 1 aromatic rings. The topological polar surface area (TPSA) is 20.3 Å². The Morgan fingerprint density at radius 2 is 1.84 bits per heavy atom. The summed E-state index contributed by atoms with van der Waals surface area (Å²) < 4.78 is 40.6. The first-order valence-corrected chi connectivity index (χ1v) is 6.41. The maximum Gasteiger partial charge on any atom is 0.257 e. The Balaban J connectivity index is 1.80. The SMILES string of the molecule is O=C(c1cccc(F)c1)N1CC2CCC(C1)C2(F)F. The molecular weight excluding hydrogens is 255 g/mol. The number of carbonyl (C=O) groups excluding carboxylic acids is 1. The van der Waals surface area contributed by atoms with Crippen LogP contribution in [0.25, 0.3) is 0 Å². The molecule has 19 heavy (non-hydrogen) atoms. The third kappa shape index (κ3) is 2.01. The van der Waals surface area contributed by atoms with Gasteiger partial charge in [-0.25, -0.2) is 13.2 Å².